The smallest absolute Gasteiger partial charge is 0.371 e. The third-order valence-electron chi connectivity index (χ3n) is 1.84. The molecule has 0 unspecified atom stereocenters. The minimum Gasteiger partial charge on any atom is -0.475 e. The summed E-state index contributed by atoms with van der Waals surface area (Å²) in [6.45, 7) is 0. The molecular formula is C10H5BrO4S. The van der Waals surface area contributed by atoms with E-state index in [0.717, 1.165) is 3.79 Å². The zero-order chi connectivity index (χ0) is 11.7. The second-order valence-corrected chi connectivity index (χ2v) is 5.36. The standard InChI is InChI=1S/C10H5BrO4S/c11-8-4-3-7(16-8)9(12)5-1-2-6(15-5)10(13)14/h1-4H,(H,13,14). The lowest BCUT2D eigenvalue weighted by Gasteiger charge is -1.91. The van der Waals surface area contributed by atoms with Crippen molar-refractivity contribution in [3.05, 3.63) is 44.4 Å². The SMILES string of the molecule is O=C(O)c1ccc(C(=O)c2ccc(Br)s2)o1. The number of aromatic carboxylic acids is 1. The van der Waals surface area contributed by atoms with Gasteiger partial charge in [-0.3, -0.25) is 4.79 Å². The monoisotopic (exact) mass is 300 g/mol. The molecular weight excluding hydrogens is 296 g/mol. The van der Waals surface area contributed by atoms with E-state index in [1.807, 2.05) is 0 Å². The van der Waals surface area contributed by atoms with E-state index < -0.39 is 5.97 Å². The molecule has 0 bridgehead atoms. The first-order valence-corrected chi connectivity index (χ1v) is 5.82. The summed E-state index contributed by atoms with van der Waals surface area (Å²) in [5, 5.41) is 8.64. The van der Waals surface area contributed by atoms with Gasteiger partial charge in [0.1, 0.15) is 0 Å². The zero-order valence-electron chi connectivity index (χ0n) is 7.77. The molecule has 0 atom stereocenters. The highest BCUT2D eigenvalue weighted by atomic mass is 79.9. The number of hydrogen-bond acceptors (Lipinski definition) is 4. The van der Waals surface area contributed by atoms with Gasteiger partial charge < -0.3 is 9.52 Å². The van der Waals surface area contributed by atoms with Crippen molar-refractivity contribution in [2.75, 3.05) is 0 Å². The molecule has 82 valence electrons. The Labute approximate surface area is 103 Å². The Bertz CT molecular complexity index is 555. The van der Waals surface area contributed by atoms with E-state index in [2.05, 4.69) is 15.9 Å². The minimum absolute atomic E-state index is 0.0340. The van der Waals surface area contributed by atoms with Gasteiger partial charge in [-0.1, -0.05) is 0 Å². The molecule has 4 nitrogen and oxygen atoms in total. The van der Waals surface area contributed by atoms with Gasteiger partial charge in [-0.25, -0.2) is 4.79 Å². The number of furan rings is 1. The topological polar surface area (TPSA) is 67.5 Å². The maximum absolute atomic E-state index is 11.8. The summed E-state index contributed by atoms with van der Waals surface area (Å²) >= 11 is 4.51. The van der Waals surface area contributed by atoms with Crippen LogP contribution in [-0.2, 0) is 0 Å². The summed E-state index contributed by atoms with van der Waals surface area (Å²) in [5.41, 5.74) is 0. The molecule has 2 aromatic heterocycles. The van der Waals surface area contributed by atoms with Crippen molar-refractivity contribution in [1.29, 1.82) is 0 Å². The predicted molar refractivity (Wildman–Crippen MR) is 61.1 cm³/mol. The number of rotatable bonds is 3. The molecule has 2 heterocycles. The van der Waals surface area contributed by atoms with Crippen molar-refractivity contribution in [1.82, 2.24) is 0 Å². The maximum Gasteiger partial charge on any atom is 0.371 e. The van der Waals surface area contributed by atoms with E-state index in [4.69, 9.17) is 9.52 Å². The first-order chi connectivity index (χ1) is 7.58. The summed E-state index contributed by atoms with van der Waals surface area (Å²) in [4.78, 5) is 22.9. The van der Waals surface area contributed by atoms with E-state index in [1.54, 1.807) is 12.1 Å². The molecule has 0 aromatic carbocycles. The molecule has 0 radical (unpaired) electrons. The average molecular weight is 301 g/mol. The number of thiophene rings is 1. The Morgan fingerprint density at radius 3 is 2.38 bits per heavy atom. The second kappa shape index (κ2) is 4.23. The predicted octanol–water partition coefficient (Wildman–Crippen LogP) is 3.03. The number of carboxylic acid groups (broad SMARTS) is 1. The molecule has 0 aliphatic rings. The Morgan fingerprint density at radius 1 is 1.19 bits per heavy atom. The van der Waals surface area contributed by atoms with E-state index in [0.29, 0.717) is 4.88 Å². The highest BCUT2D eigenvalue weighted by Gasteiger charge is 2.17. The number of carboxylic acids is 1. The summed E-state index contributed by atoms with van der Waals surface area (Å²) in [6.07, 6.45) is 0. The fourth-order valence-corrected chi connectivity index (χ4v) is 2.46. The lowest BCUT2D eigenvalue weighted by molar-refractivity contribution is 0.0660. The summed E-state index contributed by atoms with van der Waals surface area (Å²) in [5.74, 6) is -1.71. The maximum atomic E-state index is 11.8. The lowest BCUT2D eigenvalue weighted by Crippen LogP contribution is -1.97. The van der Waals surface area contributed by atoms with Gasteiger partial charge in [0.2, 0.25) is 11.5 Å². The summed E-state index contributed by atoms with van der Waals surface area (Å²) in [6, 6.07) is 6.02. The minimum atomic E-state index is -1.19. The van der Waals surface area contributed by atoms with E-state index >= 15 is 0 Å². The van der Waals surface area contributed by atoms with E-state index in [9.17, 15) is 9.59 Å². The summed E-state index contributed by atoms with van der Waals surface area (Å²) < 4.78 is 5.75. The Morgan fingerprint density at radius 2 is 1.88 bits per heavy atom. The van der Waals surface area contributed by atoms with Crippen LogP contribution in [0.3, 0.4) is 0 Å². The van der Waals surface area contributed by atoms with Gasteiger partial charge >= 0.3 is 5.97 Å². The molecule has 0 spiro atoms. The molecule has 2 aromatic rings. The van der Waals surface area contributed by atoms with Crippen LogP contribution in [0.5, 0.6) is 0 Å². The van der Waals surface area contributed by atoms with E-state index in [-0.39, 0.29) is 17.3 Å². The molecule has 0 aliphatic heterocycles. The first-order valence-electron chi connectivity index (χ1n) is 4.21. The van der Waals surface area contributed by atoms with Crippen molar-refractivity contribution in [2.24, 2.45) is 0 Å². The van der Waals surface area contributed by atoms with Crippen LogP contribution in [-0.4, -0.2) is 16.9 Å². The molecule has 1 N–H and O–H groups in total. The van der Waals surface area contributed by atoms with Crippen molar-refractivity contribution in [3.8, 4) is 0 Å². The van der Waals surface area contributed by atoms with Crippen LogP contribution >= 0.6 is 27.3 Å². The van der Waals surface area contributed by atoms with Crippen LogP contribution in [0.4, 0.5) is 0 Å². The van der Waals surface area contributed by atoms with E-state index in [1.165, 1.54) is 23.5 Å². The Kier molecular flexibility index (Phi) is 2.93. The Hall–Kier alpha value is -1.40. The van der Waals surface area contributed by atoms with Gasteiger partial charge in [-0.05, 0) is 40.2 Å². The molecule has 0 amide bonds. The number of ketones is 1. The lowest BCUT2D eigenvalue weighted by atomic mass is 10.2. The fraction of sp³-hybridized carbons (Fsp3) is 0. The Balaban J connectivity index is 2.30. The highest BCUT2D eigenvalue weighted by Crippen LogP contribution is 2.25. The third-order valence-corrected chi connectivity index (χ3v) is 3.46. The average Bonchev–Trinajstić information content (AvgIpc) is 2.84. The molecule has 0 saturated carbocycles. The number of carbonyl (C=O) groups excluding carboxylic acids is 1. The van der Waals surface area contributed by atoms with Gasteiger partial charge in [0.25, 0.3) is 0 Å². The highest BCUT2D eigenvalue weighted by molar-refractivity contribution is 9.11. The van der Waals surface area contributed by atoms with Gasteiger partial charge in [0, 0.05) is 0 Å². The summed E-state index contributed by atoms with van der Waals surface area (Å²) in [7, 11) is 0. The molecule has 16 heavy (non-hydrogen) atoms. The molecule has 6 heteroatoms. The van der Waals surface area contributed by atoms with Crippen LogP contribution in [0.15, 0.2) is 32.5 Å². The molecule has 2 rings (SSSR count). The largest absolute Gasteiger partial charge is 0.475 e. The van der Waals surface area contributed by atoms with Crippen molar-refractivity contribution < 1.29 is 19.1 Å². The fourth-order valence-electron chi connectivity index (χ4n) is 1.13. The quantitative estimate of drug-likeness (QED) is 0.885. The van der Waals surface area contributed by atoms with Crippen LogP contribution < -0.4 is 0 Å². The molecule has 0 fully saturated rings. The van der Waals surface area contributed by atoms with Gasteiger partial charge in [0.15, 0.2) is 5.76 Å². The molecule has 0 aliphatic carbocycles. The van der Waals surface area contributed by atoms with Crippen LogP contribution in [0.1, 0.15) is 26.0 Å². The zero-order valence-corrected chi connectivity index (χ0v) is 10.2. The number of hydrogen-bond donors (Lipinski definition) is 1. The number of halogens is 1. The van der Waals surface area contributed by atoms with Crippen LogP contribution in [0.25, 0.3) is 0 Å². The second-order valence-electron chi connectivity index (χ2n) is 2.90. The van der Waals surface area contributed by atoms with Gasteiger partial charge in [-0.15, -0.1) is 11.3 Å². The van der Waals surface area contributed by atoms with Crippen LogP contribution in [0, 0.1) is 0 Å². The first kappa shape index (κ1) is 11.1. The normalized spacial score (nSPS) is 10.3. The van der Waals surface area contributed by atoms with Gasteiger partial charge in [0.05, 0.1) is 8.66 Å². The molecule has 0 saturated heterocycles. The van der Waals surface area contributed by atoms with Gasteiger partial charge in [-0.2, -0.15) is 0 Å². The number of carbonyl (C=O) groups is 2. The van der Waals surface area contributed by atoms with Crippen molar-refractivity contribution in [3.63, 3.8) is 0 Å². The van der Waals surface area contributed by atoms with Crippen molar-refractivity contribution in [2.45, 2.75) is 0 Å². The van der Waals surface area contributed by atoms with Crippen molar-refractivity contribution >= 4 is 39.0 Å². The van der Waals surface area contributed by atoms with Crippen LogP contribution in [0.2, 0.25) is 0 Å². The third kappa shape index (κ3) is 2.07.